The van der Waals surface area contributed by atoms with Crippen molar-refractivity contribution < 1.29 is 35.2 Å². The van der Waals surface area contributed by atoms with E-state index in [2.05, 4.69) is 10.3 Å². The summed E-state index contributed by atoms with van der Waals surface area (Å²) in [7, 11) is 0. The zero-order chi connectivity index (χ0) is 26.6. The van der Waals surface area contributed by atoms with Crippen molar-refractivity contribution in [1.82, 2.24) is 15.0 Å². The van der Waals surface area contributed by atoms with Crippen LogP contribution in [0, 0.1) is 13.8 Å². The summed E-state index contributed by atoms with van der Waals surface area (Å²) >= 11 is 0. The molecule has 0 radical (unpaired) electrons. The Kier molecular flexibility index (Phi) is 8.50. The molecule has 3 atom stereocenters. The van der Waals surface area contributed by atoms with E-state index in [-0.39, 0.29) is 12.1 Å². The van der Waals surface area contributed by atoms with Crippen LogP contribution in [0.25, 0.3) is 11.0 Å². The highest BCUT2D eigenvalue weighted by Gasteiger charge is 2.27. The molecule has 12 heteroatoms. The van der Waals surface area contributed by atoms with Gasteiger partial charge < -0.3 is 30.3 Å². The second-order valence-corrected chi connectivity index (χ2v) is 8.48. The van der Waals surface area contributed by atoms with Crippen LogP contribution in [0.5, 0.6) is 0 Å². The van der Waals surface area contributed by atoms with Gasteiger partial charge in [0.2, 0.25) is 5.91 Å². The average Bonchev–Trinajstić information content (AvgIpc) is 2.85. The highest BCUT2D eigenvalue weighted by atomic mass is 16.5. The van der Waals surface area contributed by atoms with E-state index < -0.39 is 54.5 Å². The minimum absolute atomic E-state index is 0.139. The van der Waals surface area contributed by atoms with Crippen LogP contribution in [-0.2, 0) is 17.8 Å². The summed E-state index contributed by atoms with van der Waals surface area (Å²) in [6.45, 7) is 2.37. The third-order valence-corrected chi connectivity index (χ3v) is 5.80. The molecule has 2 aromatic carbocycles. The molecular formula is C24H28N4O8. The fraction of sp³-hybridized carbons (Fsp3) is 0.333. The molecule has 0 saturated heterocycles. The summed E-state index contributed by atoms with van der Waals surface area (Å²) in [6.07, 6.45) is -5.15. The first-order valence-corrected chi connectivity index (χ1v) is 11.1. The number of aryl methyl sites for hydroxylation is 2. The number of hydroxylamine groups is 1. The molecule has 0 bridgehead atoms. The lowest BCUT2D eigenvalue weighted by Gasteiger charge is -2.23. The Morgan fingerprint density at radius 2 is 1.75 bits per heavy atom. The number of nitrogens with zero attached hydrogens (tertiary/aromatic N) is 2. The Bertz CT molecular complexity index is 1340. The van der Waals surface area contributed by atoms with Crippen LogP contribution in [-0.4, -0.2) is 71.9 Å². The third kappa shape index (κ3) is 5.93. The maximum atomic E-state index is 13.3. The molecule has 3 unspecified atom stereocenters. The number of fused-ring (bicyclic) bond motifs is 1. The third-order valence-electron chi connectivity index (χ3n) is 5.80. The fourth-order valence-electron chi connectivity index (χ4n) is 3.66. The Labute approximate surface area is 205 Å². The van der Waals surface area contributed by atoms with Crippen LogP contribution in [0.1, 0.15) is 27.2 Å². The number of anilines is 1. The first kappa shape index (κ1) is 26.9. The number of carbonyl (C=O) groups is 2. The van der Waals surface area contributed by atoms with Crippen molar-refractivity contribution in [2.24, 2.45) is 0 Å². The van der Waals surface area contributed by atoms with Crippen molar-refractivity contribution in [3.05, 3.63) is 69.1 Å². The Hall–Kier alpha value is -3.68. The van der Waals surface area contributed by atoms with Crippen LogP contribution in [0.15, 0.2) is 41.2 Å². The molecule has 12 nitrogen and oxygen atoms in total. The number of hydrogen-bond acceptors (Lipinski definition) is 9. The molecule has 1 aromatic heterocycles. The first-order chi connectivity index (χ1) is 17.0. The lowest BCUT2D eigenvalue weighted by Crippen LogP contribution is -2.44. The van der Waals surface area contributed by atoms with E-state index in [1.165, 1.54) is 11.5 Å². The van der Waals surface area contributed by atoms with E-state index in [9.17, 15) is 29.7 Å². The monoisotopic (exact) mass is 500 g/mol. The van der Waals surface area contributed by atoms with Crippen LogP contribution < -0.4 is 16.4 Å². The highest BCUT2D eigenvalue weighted by Crippen LogP contribution is 2.19. The van der Waals surface area contributed by atoms with Crippen molar-refractivity contribution in [3.8, 4) is 0 Å². The van der Waals surface area contributed by atoms with Gasteiger partial charge in [-0.15, -0.1) is 0 Å². The maximum Gasteiger partial charge on any atom is 0.282 e. The normalized spacial score (nSPS) is 13.8. The molecule has 0 saturated carbocycles. The molecule has 7 N–H and O–H groups in total. The summed E-state index contributed by atoms with van der Waals surface area (Å²) in [5, 5.41) is 50.5. The predicted molar refractivity (Wildman–Crippen MR) is 129 cm³/mol. The van der Waals surface area contributed by atoms with Crippen LogP contribution in [0.3, 0.4) is 0 Å². The lowest BCUT2D eigenvalue weighted by atomic mass is 10.1. The van der Waals surface area contributed by atoms with Gasteiger partial charge in [0.15, 0.2) is 5.69 Å². The average molecular weight is 501 g/mol. The molecule has 192 valence electrons. The Morgan fingerprint density at radius 1 is 1.06 bits per heavy atom. The molecule has 3 aromatic rings. The number of aromatic nitrogens is 2. The first-order valence-electron chi connectivity index (χ1n) is 11.1. The molecule has 2 amide bonds. The lowest BCUT2D eigenvalue weighted by molar-refractivity contribution is -0.128. The Balaban J connectivity index is 2.03. The predicted octanol–water partition coefficient (Wildman–Crippen LogP) is -0.611. The summed E-state index contributed by atoms with van der Waals surface area (Å²) in [4.78, 5) is 42.0. The minimum Gasteiger partial charge on any atom is -0.394 e. The largest absolute Gasteiger partial charge is 0.394 e. The highest BCUT2D eigenvalue weighted by molar-refractivity contribution is 6.03. The number of rotatable bonds is 9. The van der Waals surface area contributed by atoms with Gasteiger partial charge in [0.05, 0.1) is 30.6 Å². The van der Waals surface area contributed by atoms with E-state index >= 15 is 0 Å². The van der Waals surface area contributed by atoms with E-state index in [0.29, 0.717) is 16.6 Å². The molecule has 0 spiro atoms. The molecule has 0 aliphatic carbocycles. The van der Waals surface area contributed by atoms with Gasteiger partial charge in [-0.3, -0.25) is 19.6 Å². The standard InChI is InChI=1S/C24H28N4O8/c1-12-6-16-17(7-13(12)2)28(10-18(30)22(33)19(31)11-29)24(35)21(26-16)23(34)25-15-5-3-4-14(8-15)9-20(32)27-36/h3-8,18-19,22,29-31,33,36H,9-11H2,1-2H3,(H,25,34)(H,27,32). The van der Waals surface area contributed by atoms with Crippen LogP contribution in [0.2, 0.25) is 0 Å². The van der Waals surface area contributed by atoms with Crippen LogP contribution >= 0.6 is 0 Å². The number of aliphatic hydroxyl groups is 4. The van der Waals surface area contributed by atoms with Crippen molar-refractivity contribution in [2.75, 3.05) is 11.9 Å². The SMILES string of the molecule is Cc1cc2nc(C(=O)Nc3cccc(CC(=O)NO)c3)c(=O)n(CC(O)C(O)C(O)CO)c2cc1C. The van der Waals surface area contributed by atoms with Crippen molar-refractivity contribution >= 4 is 28.5 Å². The van der Waals surface area contributed by atoms with Crippen molar-refractivity contribution in [1.29, 1.82) is 0 Å². The topological polar surface area (TPSA) is 194 Å². The van der Waals surface area contributed by atoms with Gasteiger partial charge >= 0.3 is 0 Å². The van der Waals surface area contributed by atoms with Gasteiger partial charge in [-0.1, -0.05) is 12.1 Å². The molecular weight excluding hydrogens is 472 g/mol. The number of benzene rings is 2. The molecule has 0 aliphatic heterocycles. The van der Waals surface area contributed by atoms with Gasteiger partial charge in [0.25, 0.3) is 11.5 Å². The van der Waals surface area contributed by atoms with Gasteiger partial charge in [0, 0.05) is 5.69 Å². The summed E-state index contributed by atoms with van der Waals surface area (Å²) in [5.41, 5.74) is 3.24. The second-order valence-electron chi connectivity index (χ2n) is 8.48. The summed E-state index contributed by atoms with van der Waals surface area (Å²) in [5.74, 6) is -1.49. The van der Waals surface area contributed by atoms with E-state index in [4.69, 9.17) is 10.3 Å². The quantitative estimate of drug-likeness (QED) is 0.148. The second kappa shape index (κ2) is 11.4. The molecule has 0 fully saturated rings. The number of aliphatic hydroxyl groups excluding tert-OH is 4. The minimum atomic E-state index is -1.74. The number of hydrogen-bond donors (Lipinski definition) is 7. The van der Waals surface area contributed by atoms with E-state index in [1.807, 2.05) is 13.8 Å². The van der Waals surface area contributed by atoms with Gasteiger partial charge in [0.1, 0.15) is 18.3 Å². The maximum absolute atomic E-state index is 13.3. The van der Waals surface area contributed by atoms with Crippen LogP contribution in [0.4, 0.5) is 5.69 Å². The van der Waals surface area contributed by atoms with Crippen molar-refractivity contribution in [2.45, 2.75) is 45.1 Å². The van der Waals surface area contributed by atoms with E-state index in [1.54, 1.807) is 30.3 Å². The Morgan fingerprint density at radius 3 is 2.42 bits per heavy atom. The molecule has 0 aliphatic rings. The number of nitrogens with one attached hydrogen (secondary N) is 2. The number of amides is 2. The van der Waals surface area contributed by atoms with Gasteiger partial charge in [-0.05, 0) is 54.8 Å². The molecule has 36 heavy (non-hydrogen) atoms. The molecule has 3 rings (SSSR count). The zero-order valence-corrected chi connectivity index (χ0v) is 19.7. The smallest absolute Gasteiger partial charge is 0.282 e. The van der Waals surface area contributed by atoms with Crippen molar-refractivity contribution in [3.63, 3.8) is 0 Å². The summed E-state index contributed by atoms with van der Waals surface area (Å²) < 4.78 is 1.09. The van der Waals surface area contributed by atoms with Gasteiger partial charge in [-0.2, -0.15) is 0 Å². The number of carbonyl (C=O) groups excluding carboxylic acids is 2. The zero-order valence-electron chi connectivity index (χ0n) is 19.7. The van der Waals surface area contributed by atoms with E-state index in [0.717, 1.165) is 15.7 Å². The summed E-state index contributed by atoms with van der Waals surface area (Å²) in [6, 6.07) is 9.58. The fourth-order valence-corrected chi connectivity index (χ4v) is 3.66. The molecule has 1 heterocycles. The van der Waals surface area contributed by atoms with Gasteiger partial charge in [-0.25, -0.2) is 10.5 Å².